The molecule has 0 radical (unpaired) electrons. The summed E-state index contributed by atoms with van der Waals surface area (Å²) in [5, 5.41) is 1.78. The first-order valence-electron chi connectivity index (χ1n) is 8.85. The summed E-state index contributed by atoms with van der Waals surface area (Å²) < 4.78 is 0. The average molecular weight is 343 g/mol. The third-order valence-electron chi connectivity index (χ3n) is 4.84. The lowest BCUT2D eigenvalue weighted by atomic mass is 9.82. The second-order valence-electron chi connectivity index (χ2n) is 8.18. The van der Waals surface area contributed by atoms with E-state index in [1.54, 1.807) is 11.1 Å². The van der Waals surface area contributed by atoms with Crippen molar-refractivity contribution in [3.05, 3.63) is 41.0 Å². The van der Waals surface area contributed by atoms with Gasteiger partial charge in [0.25, 0.3) is 0 Å². The molecule has 0 spiro atoms. The normalized spacial score (nSPS) is 20.2. The van der Waals surface area contributed by atoms with Crippen molar-refractivity contribution in [3.8, 4) is 0 Å². The fourth-order valence-electron chi connectivity index (χ4n) is 3.49. The molecule has 0 saturated carbocycles. The van der Waals surface area contributed by atoms with Crippen molar-refractivity contribution in [2.75, 3.05) is 0 Å². The first kappa shape index (κ1) is 19.4. The largest absolute Gasteiger partial charge is 0.363 e. The molecule has 4 nitrogen and oxygen atoms in total. The number of rotatable bonds is 4. The number of piperidine rings is 1. The standard InChI is InChI=1S/C21H29NO3/c1-15-8-10-17(11-9-15)14-18(16(2)23)19(24)25-22-20(3,4)12-7-13-21(22,5)6/h8-11,14H,7,12-13H2,1-6H3/b18-14+. The molecular formula is C21H29NO3. The zero-order valence-corrected chi connectivity index (χ0v) is 16.2. The Morgan fingerprint density at radius 2 is 1.56 bits per heavy atom. The topological polar surface area (TPSA) is 46.6 Å². The van der Waals surface area contributed by atoms with Gasteiger partial charge in [-0.3, -0.25) is 4.79 Å². The lowest BCUT2D eigenvalue weighted by Crippen LogP contribution is -2.59. The monoisotopic (exact) mass is 343 g/mol. The molecule has 0 unspecified atom stereocenters. The maximum atomic E-state index is 12.7. The first-order valence-corrected chi connectivity index (χ1v) is 8.85. The van der Waals surface area contributed by atoms with Gasteiger partial charge in [0, 0.05) is 0 Å². The molecule has 1 fully saturated rings. The lowest BCUT2D eigenvalue weighted by molar-refractivity contribution is -0.262. The van der Waals surface area contributed by atoms with Gasteiger partial charge in [0.2, 0.25) is 0 Å². The molecule has 0 aromatic heterocycles. The molecule has 25 heavy (non-hydrogen) atoms. The van der Waals surface area contributed by atoms with Gasteiger partial charge in [-0.25, -0.2) is 4.79 Å². The number of carbonyl (C=O) groups is 2. The van der Waals surface area contributed by atoms with E-state index >= 15 is 0 Å². The molecule has 1 aromatic rings. The molecule has 1 heterocycles. The van der Waals surface area contributed by atoms with Gasteiger partial charge in [0.15, 0.2) is 5.78 Å². The molecule has 2 rings (SSSR count). The molecule has 1 aromatic carbocycles. The molecule has 1 aliphatic heterocycles. The quantitative estimate of drug-likeness (QED) is 0.460. The Morgan fingerprint density at radius 1 is 1.04 bits per heavy atom. The van der Waals surface area contributed by atoms with Crippen LogP contribution >= 0.6 is 0 Å². The van der Waals surface area contributed by atoms with Crippen molar-refractivity contribution in [1.82, 2.24) is 5.06 Å². The Kier molecular flexibility index (Phi) is 5.52. The molecule has 0 amide bonds. The minimum absolute atomic E-state index is 0.0704. The van der Waals surface area contributed by atoms with Gasteiger partial charge in [-0.05, 0) is 72.4 Å². The summed E-state index contributed by atoms with van der Waals surface area (Å²) in [4.78, 5) is 30.5. The summed E-state index contributed by atoms with van der Waals surface area (Å²) >= 11 is 0. The van der Waals surface area contributed by atoms with Gasteiger partial charge in [-0.15, -0.1) is 5.06 Å². The van der Waals surface area contributed by atoms with Crippen LogP contribution in [0.3, 0.4) is 0 Å². The second-order valence-corrected chi connectivity index (χ2v) is 8.18. The number of Topliss-reactive ketones (excluding diaryl/α,β-unsaturated/α-hetero) is 1. The molecule has 0 N–H and O–H groups in total. The Labute approximate surface area is 150 Å². The van der Waals surface area contributed by atoms with Gasteiger partial charge in [0.1, 0.15) is 5.57 Å². The second kappa shape index (κ2) is 7.12. The highest BCUT2D eigenvalue weighted by Gasteiger charge is 2.44. The number of hydroxylamine groups is 2. The van der Waals surface area contributed by atoms with Crippen molar-refractivity contribution >= 4 is 17.8 Å². The van der Waals surface area contributed by atoms with E-state index in [2.05, 4.69) is 27.7 Å². The third-order valence-corrected chi connectivity index (χ3v) is 4.84. The van der Waals surface area contributed by atoms with E-state index in [1.165, 1.54) is 6.92 Å². The number of aryl methyl sites for hydroxylation is 1. The van der Waals surface area contributed by atoms with E-state index in [9.17, 15) is 9.59 Å². The van der Waals surface area contributed by atoms with Crippen LogP contribution < -0.4 is 0 Å². The van der Waals surface area contributed by atoms with Gasteiger partial charge < -0.3 is 4.84 Å². The van der Waals surface area contributed by atoms with Crippen LogP contribution in [0.1, 0.15) is 65.0 Å². The molecule has 4 heteroatoms. The third kappa shape index (κ3) is 4.57. The fraction of sp³-hybridized carbons (Fsp3) is 0.524. The summed E-state index contributed by atoms with van der Waals surface area (Å²) in [6.45, 7) is 11.7. The molecule has 0 atom stereocenters. The average Bonchev–Trinajstić information content (AvgIpc) is 2.49. The van der Waals surface area contributed by atoms with Crippen LogP contribution in [0.5, 0.6) is 0 Å². The minimum Gasteiger partial charge on any atom is -0.363 e. The first-order chi connectivity index (χ1) is 11.5. The van der Waals surface area contributed by atoms with Crippen molar-refractivity contribution < 1.29 is 14.4 Å². The van der Waals surface area contributed by atoms with E-state index in [0.717, 1.165) is 30.4 Å². The maximum absolute atomic E-state index is 12.7. The number of carbonyl (C=O) groups excluding carboxylic acids is 2. The summed E-state index contributed by atoms with van der Waals surface area (Å²) in [5.74, 6) is -0.880. The highest BCUT2D eigenvalue weighted by molar-refractivity contribution is 6.19. The number of hydrogen-bond donors (Lipinski definition) is 0. The Hall–Kier alpha value is -1.94. The van der Waals surface area contributed by atoms with Crippen LogP contribution in [0.4, 0.5) is 0 Å². The van der Waals surface area contributed by atoms with Crippen LogP contribution in [-0.2, 0) is 14.4 Å². The SMILES string of the molecule is CC(=O)/C(=C\c1ccc(C)cc1)C(=O)ON1C(C)(C)CCCC1(C)C. The van der Waals surface area contributed by atoms with E-state index < -0.39 is 5.97 Å². The summed E-state index contributed by atoms with van der Waals surface area (Å²) in [5.41, 5.74) is 1.48. The summed E-state index contributed by atoms with van der Waals surface area (Å²) in [7, 11) is 0. The van der Waals surface area contributed by atoms with E-state index in [-0.39, 0.29) is 22.4 Å². The predicted octanol–water partition coefficient (Wildman–Crippen LogP) is 4.47. The highest BCUT2D eigenvalue weighted by Crippen LogP contribution is 2.38. The fourth-order valence-corrected chi connectivity index (χ4v) is 3.49. The summed E-state index contributed by atoms with van der Waals surface area (Å²) in [6.07, 6.45) is 4.59. The minimum atomic E-state index is -0.587. The van der Waals surface area contributed by atoms with Gasteiger partial charge in [0.05, 0.1) is 11.1 Å². The lowest BCUT2D eigenvalue weighted by Gasteiger charge is -2.50. The molecule has 1 saturated heterocycles. The van der Waals surface area contributed by atoms with Crippen molar-refractivity contribution in [2.24, 2.45) is 0 Å². The number of benzene rings is 1. The smallest absolute Gasteiger partial charge is 0.360 e. The van der Waals surface area contributed by atoms with Crippen LogP contribution in [0.2, 0.25) is 0 Å². The van der Waals surface area contributed by atoms with Crippen LogP contribution in [-0.4, -0.2) is 27.9 Å². The Morgan fingerprint density at radius 3 is 2.04 bits per heavy atom. The Balaban J connectivity index is 2.28. The Bertz CT molecular complexity index is 668. The molecule has 1 aliphatic rings. The van der Waals surface area contributed by atoms with Crippen LogP contribution in [0.25, 0.3) is 6.08 Å². The maximum Gasteiger partial charge on any atom is 0.360 e. The number of nitrogens with zero attached hydrogens (tertiary/aromatic N) is 1. The van der Waals surface area contributed by atoms with Crippen molar-refractivity contribution in [2.45, 2.75) is 71.9 Å². The van der Waals surface area contributed by atoms with Crippen LogP contribution in [0, 0.1) is 6.92 Å². The molecule has 0 aliphatic carbocycles. The predicted molar refractivity (Wildman–Crippen MR) is 99.8 cm³/mol. The zero-order valence-electron chi connectivity index (χ0n) is 16.2. The number of hydrogen-bond acceptors (Lipinski definition) is 4. The van der Waals surface area contributed by atoms with Gasteiger partial charge >= 0.3 is 5.97 Å². The van der Waals surface area contributed by atoms with Gasteiger partial charge in [-0.2, -0.15) is 0 Å². The molecule has 0 bridgehead atoms. The van der Waals surface area contributed by atoms with E-state index in [0.29, 0.717) is 0 Å². The summed E-state index contributed by atoms with van der Waals surface area (Å²) in [6, 6.07) is 7.68. The van der Waals surface area contributed by atoms with E-state index in [4.69, 9.17) is 4.84 Å². The zero-order chi connectivity index (χ0) is 18.8. The van der Waals surface area contributed by atoms with E-state index in [1.807, 2.05) is 31.2 Å². The number of ketones is 1. The van der Waals surface area contributed by atoms with Crippen molar-refractivity contribution in [3.63, 3.8) is 0 Å². The highest BCUT2D eigenvalue weighted by atomic mass is 16.7. The van der Waals surface area contributed by atoms with Gasteiger partial charge in [-0.1, -0.05) is 29.8 Å². The van der Waals surface area contributed by atoms with Crippen LogP contribution in [0.15, 0.2) is 29.8 Å². The van der Waals surface area contributed by atoms with Crippen molar-refractivity contribution in [1.29, 1.82) is 0 Å². The molecular weight excluding hydrogens is 314 g/mol. The molecule has 136 valence electrons.